The van der Waals surface area contributed by atoms with Gasteiger partial charge in [0.25, 0.3) is 0 Å². The molecule has 0 aliphatic carbocycles. The molecule has 0 fully saturated rings. The van der Waals surface area contributed by atoms with Crippen molar-refractivity contribution in [2.24, 2.45) is 0 Å². The highest BCUT2D eigenvalue weighted by Crippen LogP contribution is 2.38. The zero-order valence-corrected chi connectivity index (χ0v) is 17.6. The summed E-state index contributed by atoms with van der Waals surface area (Å²) in [5.41, 5.74) is 11.1. The van der Waals surface area contributed by atoms with Crippen LogP contribution in [0.2, 0.25) is 0 Å². The Balaban J connectivity index is 1.99. The molecule has 2 amide bonds. The van der Waals surface area contributed by atoms with Crippen LogP contribution in [0.5, 0.6) is 5.75 Å². The lowest BCUT2D eigenvalue weighted by atomic mass is 10.1. The van der Waals surface area contributed by atoms with Gasteiger partial charge in [-0.1, -0.05) is 19.1 Å². The third kappa shape index (κ3) is 4.47. The van der Waals surface area contributed by atoms with E-state index in [4.69, 9.17) is 10.5 Å². The summed E-state index contributed by atoms with van der Waals surface area (Å²) in [5, 5.41) is 6.69. The highest BCUT2D eigenvalue weighted by Gasteiger charge is 2.17. The van der Waals surface area contributed by atoms with Gasteiger partial charge in [0.05, 0.1) is 23.5 Å². The summed E-state index contributed by atoms with van der Waals surface area (Å²) in [5.74, 6) is 0.845. The van der Waals surface area contributed by atoms with E-state index in [1.807, 2.05) is 57.2 Å². The van der Waals surface area contributed by atoms with E-state index in [-0.39, 0.29) is 12.1 Å². The normalized spacial score (nSPS) is 11.1. The average molecular weight is 395 g/mol. The van der Waals surface area contributed by atoms with Crippen LogP contribution in [0, 0.1) is 0 Å². The van der Waals surface area contributed by atoms with E-state index in [1.54, 1.807) is 0 Å². The van der Waals surface area contributed by atoms with E-state index in [0.29, 0.717) is 6.61 Å². The summed E-state index contributed by atoms with van der Waals surface area (Å²) in [7, 11) is 0. The van der Waals surface area contributed by atoms with Gasteiger partial charge >= 0.3 is 6.03 Å². The van der Waals surface area contributed by atoms with E-state index < -0.39 is 0 Å². The maximum atomic E-state index is 11.9. The van der Waals surface area contributed by atoms with Crippen LogP contribution in [0.1, 0.15) is 34.1 Å². The lowest BCUT2D eigenvalue weighted by Gasteiger charge is -2.13. The predicted octanol–water partition coefficient (Wildman–Crippen LogP) is 5.23. The molecule has 0 saturated carbocycles. The van der Waals surface area contributed by atoms with E-state index in [1.165, 1.54) is 0 Å². The van der Waals surface area contributed by atoms with Crippen molar-refractivity contribution in [3.05, 3.63) is 42.5 Å². The molecule has 4 N–H and O–H groups in total. The molecule has 0 radical (unpaired) electrons. The van der Waals surface area contributed by atoms with Gasteiger partial charge in [-0.25, -0.2) is 4.79 Å². The maximum absolute atomic E-state index is 11.9. The fourth-order valence-corrected chi connectivity index (χ4v) is 3.52. The highest BCUT2D eigenvalue weighted by atomic mass is 16.5. The van der Waals surface area contributed by atoms with E-state index >= 15 is 0 Å². The van der Waals surface area contributed by atoms with Crippen molar-refractivity contribution in [1.29, 1.82) is 0 Å². The third-order valence-corrected chi connectivity index (χ3v) is 4.67. The van der Waals surface area contributed by atoms with Crippen molar-refractivity contribution in [2.75, 3.05) is 17.7 Å². The minimum atomic E-state index is -0.212. The van der Waals surface area contributed by atoms with Crippen LogP contribution in [0.4, 0.5) is 16.2 Å². The lowest BCUT2D eigenvalue weighted by Crippen LogP contribution is -2.34. The average Bonchev–Trinajstić information content (AvgIpc) is 2.94. The second-order valence-electron chi connectivity index (χ2n) is 7.36. The molecule has 6 nitrogen and oxygen atoms in total. The van der Waals surface area contributed by atoms with Crippen molar-refractivity contribution in [3.8, 4) is 17.0 Å². The van der Waals surface area contributed by atoms with Crippen molar-refractivity contribution in [1.82, 2.24) is 9.88 Å². The molecule has 3 aromatic rings. The van der Waals surface area contributed by atoms with E-state index in [0.717, 1.165) is 52.3 Å². The van der Waals surface area contributed by atoms with Crippen molar-refractivity contribution >= 4 is 28.3 Å². The number of carbonyl (C=O) groups is 1. The van der Waals surface area contributed by atoms with Gasteiger partial charge in [0, 0.05) is 35.3 Å². The number of nitrogens with zero attached hydrogens (tertiary/aromatic N) is 1. The fourth-order valence-electron chi connectivity index (χ4n) is 3.52. The minimum Gasteiger partial charge on any atom is -0.494 e. The van der Waals surface area contributed by atoms with Crippen LogP contribution < -0.4 is 21.1 Å². The summed E-state index contributed by atoms with van der Waals surface area (Å²) >= 11 is 0. The summed E-state index contributed by atoms with van der Waals surface area (Å²) < 4.78 is 7.93. The molecule has 6 heteroatoms. The lowest BCUT2D eigenvalue weighted by molar-refractivity contribution is 0.250. The molecule has 0 aliphatic rings. The van der Waals surface area contributed by atoms with Gasteiger partial charge in [0.1, 0.15) is 5.75 Å². The molecular formula is C23H30N4O2. The number of nitrogens with one attached hydrogen (secondary N) is 2. The molecule has 0 saturated heterocycles. The van der Waals surface area contributed by atoms with Gasteiger partial charge < -0.3 is 25.7 Å². The molecular weight excluding hydrogens is 364 g/mol. The second kappa shape index (κ2) is 8.90. The van der Waals surface area contributed by atoms with Crippen LogP contribution >= 0.6 is 0 Å². The first kappa shape index (κ1) is 20.6. The van der Waals surface area contributed by atoms with E-state index in [2.05, 4.69) is 28.2 Å². The molecule has 0 unspecified atom stereocenters. The maximum Gasteiger partial charge on any atom is 0.319 e. The zero-order chi connectivity index (χ0) is 21.0. The van der Waals surface area contributed by atoms with Crippen LogP contribution in [-0.2, 0) is 6.54 Å². The number of nitrogen functional groups attached to an aromatic ring is 1. The van der Waals surface area contributed by atoms with Crippen LogP contribution in [0.25, 0.3) is 22.2 Å². The number of urea groups is 1. The number of fused-ring (bicyclic) bond motifs is 1. The van der Waals surface area contributed by atoms with Crippen molar-refractivity contribution < 1.29 is 9.53 Å². The second-order valence-corrected chi connectivity index (χ2v) is 7.36. The first-order chi connectivity index (χ1) is 13.9. The number of hydrogen-bond donors (Lipinski definition) is 3. The first-order valence-electron chi connectivity index (χ1n) is 10.2. The number of benzene rings is 2. The summed E-state index contributed by atoms with van der Waals surface area (Å²) in [6, 6.07) is 13.7. The Hall–Kier alpha value is -3.15. The number of aryl methyl sites for hydroxylation is 1. The minimum absolute atomic E-state index is 0.0837. The molecule has 0 bridgehead atoms. The monoisotopic (exact) mass is 394 g/mol. The molecule has 0 spiro atoms. The standard InChI is InChI=1S/C23H30N4O2/c1-5-13-27-20-14-18(29-6-2)11-12-19(20)21(24)22(27)16-7-9-17(10-8-16)26-23(28)25-15(3)4/h7-12,14-15H,5-6,13,24H2,1-4H3,(H2,25,26,28). The van der Waals surface area contributed by atoms with Gasteiger partial charge in [0.15, 0.2) is 0 Å². The van der Waals surface area contributed by atoms with Crippen LogP contribution in [-0.4, -0.2) is 23.2 Å². The Bertz CT molecular complexity index is 990. The van der Waals surface area contributed by atoms with Crippen LogP contribution in [0.15, 0.2) is 42.5 Å². The predicted molar refractivity (Wildman–Crippen MR) is 121 cm³/mol. The number of carbonyl (C=O) groups excluding carboxylic acids is 1. The topological polar surface area (TPSA) is 81.3 Å². The number of nitrogens with two attached hydrogens (primary N) is 1. The third-order valence-electron chi connectivity index (χ3n) is 4.67. The van der Waals surface area contributed by atoms with Crippen molar-refractivity contribution in [3.63, 3.8) is 0 Å². The zero-order valence-electron chi connectivity index (χ0n) is 17.6. The number of amides is 2. The molecule has 29 heavy (non-hydrogen) atoms. The Labute approximate surface area is 172 Å². The van der Waals surface area contributed by atoms with Gasteiger partial charge in [-0.05, 0) is 51.5 Å². The van der Waals surface area contributed by atoms with Gasteiger partial charge in [0.2, 0.25) is 0 Å². The number of hydrogen-bond acceptors (Lipinski definition) is 3. The number of anilines is 2. The summed E-state index contributed by atoms with van der Waals surface area (Å²) in [6.07, 6.45) is 0.990. The smallest absolute Gasteiger partial charge is 0.319 e. The SMILES string of the molecule is CCCn1c(-c2ccc(NC(=O)NC(C)C)cc2)c(N)c2ccc(OCC)cc21. The van der Waals surface area contributed by atoms with Gasteiger partial charge in [-0.3, -0.25) is 0 Å². The summed E-state index contributed by atoms with van der Waals surface area (Å²) in [6.45, 7) is 9.46. The molecule has 1 heterocycles. The number of aromatic nitrogens is 1. The molecule has 1 aromatic heterocycles. The Morgan fingerprint density at radius 2 is 1.86 bits per heavy atom. The van der Waals surface area contributed by atoms with Gasteiger partial charge in [-0.15, -0.1) is 0 Å². The molecule has 0 atom stereocenters. The molecule has 3 rings (SSSR count). The number of ether oxygens (including phenoxy) is 1. The Kier molecular flexibility index (Phi) is 6.32. The summed E-state index contributed by atoms with van der Waals surface area (Å²) in [4.78, 5) is 11.9. The van der Waals surface area contributed by atoms with Crippen molar-refractivity contribution in [2.45, 2.75) is 46.7 Å². The molecule has 0 aliphatic heterocycles. The Morgan fingerprint density at radius 1 is 1.14 bits per heavy atom. The largest absolute Gasteiger partial charge is 0.494 e. The number of rotatable bonds is 7. The first-order valence-corrected chi connectivity index (χ1v) is 10.2. The Morgan fingerprint density at radius 3 is 2.48 bits per heavy atom. The van der Waals surface area contributed by atoms with Gasteiger partial charge in [-0.2, -0.15) is 0 Å². The van der Waals surface area contributed by atoms with Crippen LogP contribution in [0.3, 0.4) is 0 Å². The highest BCUT2D eigenvalue weighted by molar-refractivity contribution is 6.01. The molecule has 154 valence electrons. The quantitative estimate of drug-likeness (QED) is 0.513. The van der Waals surface area contributed by atoms with E-state index in [9.17, 15) is 4.79 Å². The molecule has 2 aromatic carbocycles. The fraction of sp³-hybridized carbons (Fsp3) is 0.348.